The summed E-state index contributed by atoms with van der Waals surface area (Å²) in [6.45, 7) is 1.87. The second kappa shape index (κ2) is 8.13. The van der Waals surface area contributed by atoms with Crippen LogP contribution in [0.25, 0.3) is 11.5 Å². The number of anilines is 1. The molecule has 1 amide bonds. The molecule has 0 atom stereocenters. The van der Waals surface area contributed by atoms with E-state index in [9.17, 15) is 4.79 Å². The van der Waals surface area contributed by atoms with E-state index in [2.05, 4.69) is 10.3 Å². The van der Waals surface area contributed by atoms with Gasteiger partial charge in [0.15, 0.2) is 22.4 Å². The zero-order valence-corrected chi connectivity index (χ0v) is 16.3. The van der Waals surface area contributed by atoms with Gasteiger partial charge in [-0.05, 0) is 36.8 Å². The van der Waals surface area contributed by atoms with E-state index < -0.39 is 0 Å². The SMILES string of the molecule is COc1cc(CC(=O)Nc2nc(-c3ccc(C)o3)cs2)cc(OC)c1OC. The van der Waals surface area contributed by atoms with Gasteiger partial charge in [-0.1, -0.05) is 0 Å². The molecule has 0 aliphatic heterocycles. The number of amides is 1. The van der Waals surface area contributed by atoms with Gasteiger partial charge in [-0.25, -0.2) is 4.98 Å². The zero-order valence-electron chi connectivity index (χ0n) is 15.5. The molecule has 0 bridgehead atoms. The number of ether oxygens (including phenoxy) is 3. The fraction of sp³-hybridized carbons (Fsp3) is 0.263. The van der Waals surface area contributed by atoms with Crippen LogP contribution in [-0.4, -0.2) is 32.2 Å². The Morgan fingerprint density at radius 1 is 1.15 bits per heavy atom. The second-order valence-corrected chi connectivity index (χ2v) is 6.56. The van der Waals surface area contributed by atoms with Crippen molar-refractivity contribution in [1.29, 1.82) is 0 Å². The smallest absolute Gasteiger partial charge is 0.230 e. The molecule has 8 heteroatoms. The van der Waals surface area contributed by atoms with Crippen LogP contribution in [0.15, 0.2) is 34.1 Å². The molecule has 2 heterocycles. The normalized spacial score (nSPS) is 10.5. The molecule has 0 saturated heterocycles. The molecule has 27 heavy (non-hydrogen) atoms. The maximum atomic E-state index is 12.4. The largest absolute Gasteiger partial charge is 0.493 e. The van der Waals surface area contributed by atoms with Gasteiger partial charge in [0.25, 0.3) is 0 Å². The predicted octanol–water partition coefficient (Wildman–Crippen LogP) is 3.92. The van der Waals surface area contributed by atoms with Crippen molar-refractivity contribution in [3.8, 4) is 28.7 Å². The quantitative estimate of drug-likeness (QED) is 0.661. The van der Waals surface area contributed by atoms with Gasteiger partial charge >= 0.3 is 0 Å². The van der Waals surface area contributed by atoms with Crippen molar-refractivity contribution in [1.82, 2.24) is 4.98 Å². The number of aromatic nitrogens is 1. The third kappa shape index (κ3) is 4.22. The molecular weight excluding hydrogens is 368 g/mol. The van der Waals surface area contributed by atoms with Crippen molar-refractivity contribution in [3.05, 3.63) is 41.0 Å². The summed E-state index contributed by atoms with van der Waals surface area (Å²) in [4.78, 5) is 16.8. The first-order valence-electron chi connectivity index (χ1n) is 8.15. The van der Waals surface area contributed by atoms with Crippen LogP contribution in [0.4, 0.5) is 5.13 Å². The first-order valence-corrected chi connectivity index (χ1v) is 9.03. The maximum Gasteiger partial charge on any atom is 0.230 e. The Hall–Kier alpha value is -3.00. The van der Waals surface area contributed by atoms with Crippen molar-refractivity contribution < 1.29 is 23.4 Å². The molecule has 7 nitrogen and oxygen atoms in total. The summed E-state index contributed by atoms with van der Waals surface area (Å²) in [5.41, 5.74) is 1.43. The predicted molar refractivity (Wildman–Crippen MR) is 103 cm³/mol. The highest BCUT2D eigenvalue weighted by molar-refractivity contribution is 7.14. The lowest BCUT2D eigenvalue weighted by Crippen LogP contribution is -2.14. The number of nitrogens with zero attached hydrogens (tertiary/aromatic N) is 1. The lowest BCUT2D eigenvalue weighted by atomic mass is 10.1. The molecular formula is C19H20N2O5S. The molecule has 0 fully saturated rings. The summed E-state index contributed by atoms with van der Waals surface area (Å²) in [5.74, 6) is 2.79. The summed E-state index contributed by atoms with van der Waals surface area (Å²) >= 11 is 1.34. The van der Waals surface area contributed by atoms with E-state index in [1.165, 1.54) is 32.7 Å². The summed E-state index contributed by atoms with van der Waals surface area (Å²) < 4.78 is 21.5. The molecule has 0 spiro atoms. The lowest BCUT2D eigenvalue weighted by Gasteiger charge is -2.13. The summed E-state index contributed by atoms with van der Waals surface area (Å²) in [6.07, 6.45) is 0.144. The average molecular weight is 388 g/mol. The number of aryl methyl sites for hydroxylation is 1. The molecule has 1 N–H and O–H groups in total. The number of nitrogens with one attached hydrogen (secondary N) is 1. The number of methoxy groups -OCH3 is 3. The minimum absolute atomic E-state index is 0.144. The second-order valence-electron chi connectivity index (χ2n) is 5.71. The number of benzene rings is 1. The fourth-order valence-corrected chi connectivity index (χ4v) is 3.32. The van der Waals surface area contributed by atoms with Crippen LogP contribution in [0.1, 0.15) is 11.3 Å². The van der Waals surface area contributed by atoms with Crippen LogP contribution in [0, 0.1) is 6.92 Å². The Balaban J connectivity index is 1.72. The van der Waals surface area contributed by atoms with Gasteiger partial charge in [0.2, 0.25) is 11.7 Å². The van der Waals surface area contributed by atoms with E-state index in [0.717, 1.165) is 11.3 Å². The molecule has 1 aromatic carbocycles. The van der Waals surface area contributed by atoms with Crippen LogP contribution in [0.5, 0.6) is 17.2 Å². The average Bonchev–Trinajstić information content (AvgIpc) is 3.29. The molecule has 0 saturated carbocycles. The lowest BCUT2D eigenvalue weighted by molar-refractivity contribution is -0.115. The van der Waals surface area contributed by atoms with Crippen LogP contribution < -0.4 is 19.5 Å². The van der Waals surface area contributed by atoms with E-state index in [-0.39, 0.29) is 12.3 Å². The number of thiazole rings is 1. The highest BCUT2D eigenvalue weighted by Crippen LogP contribution is 2.38. The zero-order chi connectivity index (χ0) is 19.4. The Labute approximate surface area is 160 Å². The van der Waals surface area contributed by atoms with Gasteiger partial charge in [-0.2, -0.15) is 0 Å². The number of carbonyl (C=O) groups excluding carboxylic acids is 1. The number of hydrogen-bond donors (Lipinski definition) is 1. The van der Waals surface area contributed by atoms with Crippen molar-refractivity contribution in [2.45, 2.75) is 13.3 Å². The van der Waals surface area contributed by atoms with Crippen molar-refractivity contribution in [2.75, 3.05) is 26.6 Å². The Morgan fingerprint density at radius 3 is 2.41 bits per heavy atom. The van der Waals surface area contributed by atoms with Gasteiger partial charge < -0.3 is 23.9 Å². The number of carbonyl (C=O) groups is 1. The molecule has 3 aromatic rings. The molecule has 0 aliphatic carbocycles. The van der Waals surface area contributed by atoms with Crippen LogP contribution in [0.2, 0.25) is 0 Å². The van der Waals surface area contributed by atoms with E-state index in [1.54, 1.807) is 12.1 Å². The number of furan rings is 1. The molecule has 0 aliphatic rings. The first kappa shape index (κ1) is 18.8. The third-order valence-electron chi connectivity index (χ3n) is 3.83. The molecule has 3 rings (SSSR count). The molecule has 142 valence electrons. The summed E-state index contributed by atoms with van der Waals surface area (Å²) in [5, 5.41) is 5.16. The van der Waals surface area contributed by atoms with E-state index in [4.69, 9.17) is 18.6 Å². The van der Waals surface area contributed by atoms with Crippen LogP contribution in [-0.2, 0) is 11.2 Å². The number of hydrogen-bond acceptors (Lipinski definition) is 7. The Bertz CT molecular complexity index is 922. The maximum absolute atomic E-state index is 12.4. The van der Waals surface area contributed by atoms with Gasteiger partial charge in [0.05, 0.1) is 27.8 Å². The highest BCUT2D eigenvalue weighted by atomic mass is 32.1. The molecule has 2 aromatic heterocycles. The van der Waals surface area contributed by atoms with Gasteiger partial charge in [0.1, 0.15) is 11.5 Å². The van der Waals surface area contributed by atoms with E-state index in [0.29, 0.717) is 33.8 Å². The Kier molecular flexibility index (Phi) is 5.66. The van der Waals surface area contributed by atoms with E-state index in [1.807, 2.05) is 24.4 Å². The first-order chi connectivity index (χ1) is 13.0. The topological polar surface area (TPSA) is 82.8 Å². The van der Waals surface area contributed by atoms with Gasteiger partial charge in [-0.3, -0.25) is 4.79 Å². The number of rotatable bonds is 7. The van der Waals surface area contributed by atoms with Crippen molar-refractivity contribution in [3.63, 3.8) is 0 Å². The minimum Gasteiger partial charge on any atom is -0.493 e. The fourth-order valence-electron chi connectivity index (χ4n) is 2.60. The van der Waals surface area contributed by atoms with Crippen molar-refractivity contribution >= 4 is 22.4 Å². The van der Waals surface area contributed by atoms with Crippen LogP contribution in [0.3, 0.4) is 0 Å². The van der Waals surface area contributed by atoms with Crippen molar-refractivity contribution in [2.24, 2.45) is 0 Å². The molecule has 0 radical (unpaired) electrons. The minimum atomic E-state index is -0.194. The van der Waals surface area contributed by atoms with Gasteiger partial charge in [-0.15, -0.1) is 11.3 Å². The summed E-state index contributed by atoms with van der Waals surface area (Å²) in [6, 6.07) is 7.23. The van der Waals surface area contributed by atoms with Crippen LogP contribution >= 0.6 is 11.3 Å². The Morgan fingerprint density at radius 2 is 1.85 bits per heavy atom. The standard InChI is InChI=1S/C19H20N2O5S/c1-11-5-6-14(26-11)13-10-27-19(20-13)21-17(22)9-12-7-15(23-2)18(25-4)16(8-12)24-3/h5-8,10H,9H2,1-4H3,(H,20,21,22). The highest BCUT2D eigenvalue weighted by Gasteiger charge is 2.16. The van der Waals surface area contributed by atoms with E-state index >= 15 is 0 Å². The van der Waals surface area contributed by atoms with Gasteiger partial charge in [0, 0.05) is 5.38 Å². The summed E-state index contributed by atoms with van der Waals surface area (Å²) in [7, 11) is 4.61. The molecule has 0 unspecified atom stereocenters. The third-order valence-corrected chi connectivity index (χ3v) is 4.59. The monoisotopic (exact) mass is 388 g/mol.